The maximum atomic E-state index is 4.19. The molecule has 2 aliphatic carbocycles. The van der Waals surface area contributed by atoms with Crippen LogP contribution in [0.4, 0.5) is 0 Å². The van der Waals surface area contributed by atoms with E-state index in [-0.39, 0.29) is 0 Å². The van der Waals surface area contributed by atoms with E-state index in [1.807, 2.05) is 0 Å². The molecule has 1 spiro atoms. The van der Waals surface area contributed by atoms with E-state index in [0.717, 1.165) is 0 Å². The minimum Gasteiger partial charge on any atom is -0.103 e. The van der Waals surface area contributed by atoms with Crippen molar-refractivity contribution in [3.05, 3.63) is 12.7 Å². The van der Waals surface area contributed by atoms with E-state index in [0.29, 0.717) is 27.6 Å². The summed E-state index contributed by atoms with van der Waals surface area (Å²) in [6.45, 7) is 19.2. The van der Waals surface area contributed by atoms with Crippen molar-refractivity contribution >= 4 is 0 Å². The molecule has 1 atom stereocenters. The summed E-state index contributed by atoms with van der Waals surface area (Å²) in [6.07, 6.45) is 9.21. The highest BCUT2D eigenvalue weighted by Crippen LogP contribution is 2.87. The first-order valence-electron chi connectivity index (χ1n) is 7.79. The molecule has 104 valence electrons. The van der Waals surface area contributed by atoms with Crippen LogP contribution in [-0.4, -0.2) is 0 Å². The van der Waals surface area contributed by atoms with Gasteiger partial charge in [-0.05, 0) is 40.4 Å². The zero-order valence-electron chi connectivity index (χ0n) is 13.4. The van der Waals surface area contributed by atoms with Crippen molar-refractivity contribution in [3.63, 3.8) is 0 Å². The number of allylic oxidation sites excluding steroid dienone is 1. The third-order valence-electron chi connectivity index (χ3n) is 7.20. The van der Waals surface area contributed by atoms with Crippen LogP contribution in [0.15, 0.2) is 12.7 Å². The van der Waals surface area contributed by atoms with Gasteiger partial charge in [-0.3, -0.25) is 0 Å². The molecule has 18 heavy (non-hydrogen) atoms. The molecule has 0 aliphatic heterocycles. The van der Waals surface area contributed by atoms with Crippen LogP contribution in [0.25, 0.3) is 0 Å². The van der Waals surface area contributed by atoms with E-state index >= 15 is 0 Å². The van der Waals surface area contributed by atoms with Gasteiger partial charge in [0.15, 0.2) is 0 Å². The summed E-state index contributed by atoms with van der Waals surface area (Å²) >= 11 is 0. The van der Waals surface area contributed by atoms with Gasteiger partial charge in [-0.15, -0.1) is 6.58 Å². The summed E-state index contributed by atoms with van der Waals surface area (Å²) in [5.41, 5.74) is 1.73. The topological polar surface area (TPSA) is 0 Å². The standard InChI is InChI=1S/C18H32/c1-8-14-12-10-9-11-13-15(2,3)18(14)16(4,5)17(18,6)7/h8,14H,1,9-13H2,2-7H3. The second-order valence-electron chi connectivity index (χ2n) is 8.38. The van der Waals surface area contributed by atoms with Crippen molar-refractivity contribution < 1.29 is 0 Å². The minimum atomic E-state index is 0.430. The Labute approximate surface area is 114 Å². The van der Waals surface area contributed by atoms with Crippen molar-refractivity contribution in [2.24, 2.45) is 27.6 Å². The average molecular weight is 248 g/mol. The molecule has 0 aromatic rings. The van der Waals surface area contributed by atoms with Crippen molar-refractivity contribution in [2.75, 3.05) is 0 Å². The first-order chi connectivity index (χ1) is 8.17. The smallest absolute Gasteiger partial charge is 0.00706 e. The summed E-state index contributed by atoms with van der Waals surface area (Å²) in [4.78, 5) is 0. The highest BCUT2D eigenvalue weighted by Gasteiger charge is 2.82. The SMILES string of the molecule is C=CC1CCCCCC(C)(C)C12C(C)(C)C2(C)C. The van der Waals surface area contributed by atoms with Gasteiger partial charge in [0.25, 0.3) is 0 Å². The fourth-order valence-electron chi connectivity index (χ4n) is 6.29. The van der Waals surface area contributed by atoms with Gasteiger partial charge in [-0.1, -0.05) is 66.9 Å². The van der Waals surface area contributed by atoms with Gasteiger partial charge in [-0.25, -0.2) is 0 Å². The Hall–Kier alpha value is -0.260. The fourth-order valence-corrected chi connectivity index (χ4v) is 6.29. The fraction of sp³-hybridized carbons (Fsp3) is 0.889. The van der Waals surface area contributed by atoms with Crippen LogP contribution in [0.1, 0.15) is 73.6 Å². The summed E-state index contributed by atoms with van der Waals surface area (Å²) in [5.74, 6) is 0.692. The summed E-state index contributed by atoms with van der Waals surface area (Å²) < 4.78 is 0. The quantitative estimate of drug-likeness (QED) is 0.512. The Morgan fingerprint density at radius 1 is 0.889 bits per heavy atom. The van der Waals surface area contributed by atoms with Gasteiger partial charge in [0, 0.05) is 0 Å². The second kappa shape index (κ2) is 3.87. The lowest BCUT2D eigenvalue weighted by Gasteiger charge is -2.45. The van der Waals surface area contributed by atoms with Crippen LogP contribution in [0.2, 0.25) is 0 Å². The highest BCUT2D eigenvalue weighted by molar-refractivity contribution is 5.31. The van der Waals surface area contributed by atoms with Gasteiger partial charge in [0.05, 0.1) is 0 Å². The zero-order valence-corrected chi connectivity index (χ0v) is 13.4. The van der Waals surface area contributed by atoms with E-state index in [2.05, 4.69) is 54.2 Å². The van der Waals surface area contributed by atoms with Gasteiger partial charge in [0.1, 0.15) is 0 Å². The second-order valence-corrected chi connectivity index (χ2v) is 8.38. The molecule has 0 N–H and O–H groups in total. The third-order valence-corrected chi connectivity index (χ3v) is 7.20. The number of hydrogen-bond acceptors (Lipinski definition) is 0. The molecule has 0 aromatic carbocycles. The molecule has 0 heteroatoms. The van der Waals surface area contributed by atoms with Crippen molar-refractivity contribution in [3.8, 4) is 0 Å². The van der Waals surface area contributed by atoms with E-state index in [9.17, 15) is 0 Å². The molecule has 0 amide bonds. The first-order valence-corrected chi connectivity index (χ1v) is 7.79. The van der Waals surface area contributed by atoms with Crippen LogP contribution in [-0.2, 0) is 0 Å². The molecule has 0 nitrogen and oxygen atoms in total. The van der Waals surface area contributed by atoms with E-state index in [4.69, 9.17) is 0 Å². The predicted octanol–water partition coefficient (Wildman–Crippen LogP) is 5.83. The van der Waals surface area contributed by atoms with E-state index in [1.54, 1.807) is 0 Å². The molecule has 2 fully saturated rings. The lowest BCUT2D eigenvalue weighted by atomic mass is 9.59. The Morgan fingerprint density at radius 2 is 1.44 bits per heavy atom. The summed E-state index contributed by atoms with van der Waals surface area (Å²) in [6, 6.07) is 0. The van der Waals surface area contributed by atoms with Crippen molar-refractivity contribution in [1.29, 1.82) is 0 Å². The molecule has 0 radical (unpaired) electrons. The maximum absolute atomic E-state index is 4.19. The molecule has 1 unspecified atom stereocenters. The summed E-state index contributed by atoms with van der Waals surface area (Å²) in [7, 11) is 0. The highest BCUT2D eigenvalue weighted by atomic mass is 14.9. The average Bonchev–Trinajstić information content (AvgIpc) is 2.60. The van der Waals surface area contributed by atoms with Gasteiger partial charge < -0.3 is 0 Å². The van der Waals surface area contributed by atoms with Crippen LogP contribution < -0.4 is 0 Å². The Balaban J connectivity index is 2.53. The Bertz CT molecular complexity index is 329. The Morgan fingerprint density at radius 3 is 1.89 bits per heavy atom. The molecule has 0 saturated heterocycles. The van der Waals surface area contributed by atoms with E-state index in [1.165, 1.54) is 32.1 Å². The van der Waals surface area contributed by atoms with Crippen LogP contribution in [0.5, 0.6) is 0 Å². The van der Waals surface area contributed by atoms with E-state index < -0.39 is 0 Å². The summed E-state index contributed by atoms with van der Waals surface area (Å²) in [5, 5.41) is 0. The minimum absolute atomic E-state index is 0.430. The molecule has 2 rings (SSSR count). The number of rotatable bonds is 1. The molecule has 0 aromatic heterocycles. The van der Waals surface area contributed by atoms with Crippen molar-refractivity contribution in [1.82, 2.24) is 0 Å². The zero-order chi connectivity index (χ0) is 13.8. The molecule has 2 aliphatic rings. The lowest BCUT2D eigenvalue weighted by molar-refractivity contribution is 0.0465. The number of hydrogen-bond donors (Lipinski definition) is 0. The van der Waals surface area contributed by atoms with Crippen molar-refractivity contribution in [2.45, 2.75) is 73.6 Å². The largest absolute Gasteiger partial charge is 0.103 e. The molecular weight excluding hydrogens is 216 g/mol. The lowest BCUT2D eigenvalue weighted by Crippen LogP contribution is -2.38. The first kappa shape index (κ1) is 14.2. The van der Waals surface area contributed by atoms with Crippen LogP contribution >= 0.6 is 0 Å². The molecule has 0 bridgehead atoms. The molecule has 0 heterocycles. The monoisotopic (exact) mass is 248 g/mol. The predicted molar refractivity (Wildman–Crippen MR) is 80.5 cm³/mol. The maximum Gasteiger partial charge on any atom is -0.00706 e. The van der Waals surface area contributed by atoms with Crippen LogP contribution in [0, 0.1) is 27.6 Å². The molecular formula is C18H32. The Kier molecular flexibility index (Phi) is 3.04. The normalized spacial score (nSPS) is 35.6. The third kappa shape index (κ3) is 1.33. The van der Waals surface area contributed by atoms with Gasteiger partial charge >= 0.3 is 0 Å². The van der Waals surface area contributed by atoms with Gasteiger partial charge in [0.2, 0.25) is 0 Å². The molecule has 2 saturated carbocycles. The van der Waals surface area contributed by atoms with Gasteiger partial charge in [-0.2, -0.15) is 0 Å². The van der Waals surface area contributed by atoms with Crippen LogP contribution in [0.3, 0.4) is 0 Å².